The van der Waals surface area contributed by atoms with Crippen LogP contribution < -0.4 is 15.4 Å². The molecule has 0 spiro atoms. The Morgan fingerprint density at radius 3 is 3.21 bits per heavy atom. The number of hydrogen-bond acceptors (Lipinski definition) is 5. The zero-order chi connectivity index (χ0) is 13.1. The molecule has 0 bridgehead atoms. The highest BCUT2D eigenvalue weighted by atomic mass is 32.1. The maximum atomic E-state index is 5.75. The van der Waals surface area contributed by atoms with Crippen molar-refractivity contribution < 1.29 is 4.74 Å². The molecule has 1 aromatic carbocycles. The molecule has 100 valence electrons. The van der Waals surface area contributed by atoms with Crippen LogP contribution in [-0.2, 0) is 13.1 Å². The van der Waals surface area contributed by atoms with Gasteiger partial charge in [0, 0.05) is 30.1 Å². The fourth-order valence-electron chi connectivity index (χ4n) is 2.18. The first-order valence-corrected chi connectivity index (χ1v) is 7.31. The number of rotatable bonds is 4. The van der Waals surface area contributed by atoms with Gasteiger partial charge in [-0.25, -0.2) is 4.98 Å². The third-order valence-electron chi connectivity index (χ3n) is 3.21. The number of fused-ring (bicyclic) bond motifs is 1. The zero-order valence-corrected chi connectivity index (χ0v) is 11.7. The number of nitrogens with one attached hydrogen (secondary N) is 2. The van der Waals surface area contributed by atoms with Crippen LogP contribution in [0.15, 0.2) is 23.7 Å². The van der Waals surface area contributed by atoms with Crippen molar-refractivity contribution in [3.8, 4) is 5.75 Å². The fourth-order valence-corrected chi connectivity index (χ4v) is 2.93. The Morgan fingerprint density at radius 1 is 1.42 bits per heavy atom. The van der Waals surface area contributed by atoms with Gasteiger partial charge in [0.2, 0.25) is 0 Å². The summed E-state index contributed by atoms with van der Waals surface area (Å²) >= 11 is 1.70. The average Bonchev–Trinajstić information content (AvgIpc) is 2.85. The highest BCUT2D eigenvalue weighted by molar-refractivity contribution is 7.09. The SMILES string of the molecule is Cc1ncsc1CNCc1cccc2c1OCCN2. The van der Waals surface area contributed by atoms with Crippen molar-refractivity contribution in [2.75, 3.05) is 18.5 Å². The first-order chi connectivity index (χ1) is 9.34. The molecule has 0 amide bonds. The second-order valence-electron chi connectivity index (χ2n) is 4.53. The highest BCUT2D eigenvalue weighted by Gasteiger charge is 2.13. The van der Waals surface area contributed by atoms with Gasteiger partial charge in [0.05, 0.1) is 16.9 Å². The predicted octanol–water partition coefficient (Wildman–Crippen LogP) is 2.55. The first-order valence-electron chi connectivity index (χ1n) is 6.43. The molecule has 19 heavy (non-hydrogen) atoms. The van der Waals surface area contributed by atoms with Gasteiger partial charge in [0.25, 0.3) is 0 Å². The molecule has 0 fully saturated rings. The summed E-state index contributed by atoms with van der Waals surface area (Å²) in [5.74, 6) is 0.988. The molecule has 3 rings (SSSR count). The lowest BCUT2D eigenvalue weighted by Gasteiger charge is -2.21. The molecule has 0 saturated heterocycles. The number of ether oxygens (including phenoxy) is 1. The maximum Gasteiger partial charge on any atom is 0.146 e. The first kappa shape index (κ1) is 12.4. The number of para-hydroxylation sites is 1. The lowest BCUT2D eigenvalue weighted by atomic mass is 10.1. The van der Waals surface area contributed by atoms with Crippen LogP contribution in [0.2, 0.25) is 0 Å². The summed E-state index contributed by atoms with van der Waals surface area (Å²) in [6, 6.07) is 6.24. The van der Waals surface area contributed by atoms with Crippen LogP contribution in [0.3, 0.4) is 0 Å². The summed E-state index contributed by atoms with van der Waals surface area (Å²) in [6.07, 6.45) is 0. The molecular formula is C14H17N3OS. The molecule has 1 aliphatic heterocycles. The summed E-state index contributed by atoms with van der Waals surface area (Å²) in [7, 11) is 0. The van der Waals surface area contributed by atoms with E-state index >= 15 is 0 Å². The van der Waals surface area contributed by atoms with Crippen LogP contribution >= 0.6 is 11.3 Å². The van der Waals surface area contributed by atoms with E-state index in [-0.39, 0.29) is 0 Å². The second-order valence-corrected chi connectivity index (χ2v) is 5.47. The van der Waals surface area contributed by atoms with Crippen molar-refractivity contribution in [1.29, 1.82) is 0 Å². The van der Waals surface area contributed by atoms with E-state index < -0.39 is 0 Å². The summed E-state index contributed by atoms with van der Waals surface area (Å²) < 4.78 is 5.75. The molecule has 0 atom stereocenters. The Bertz CT molecular complexity index is 568. The van der Waals surface area contributed by atoms with Gasteiger partial charge in [-0.2, -0.15) is 0 Å². The van der Waals surface area contributed by atoms with Crippen molar-refractivity contribution in [1.82, 2.24) is 10.3 Å². The molecule has 1 aromatic heterocycles. The lowest BCUT2D eigenvalue weighted by Crippen LogP contribution is -2.20. The molecule has 2 aromatic rings. The lowest BCUT2D eigenvalue weighted by molar-refractivity contribution is 0.319. The zero-order valence-electron chi connectivity index (χ0n) is 10.9. The standard InChI is InChI=1S/C14H17N3OS/c1-10-13(19-9-17-10)8-15-7-11-3-2-4-12-14(11)18-6-5-16-12/h2-4,9,15-16H,5-8H2,1H3. The van der Waals surface area contributed by atoms with E-state index in [1.165, 1.54) is 10.4 Å². The second kappa shape index (κ2) is 5.59. The van der Waals surface area contributed by atoms with Gasteiger partial charge in [-0.05, 0) is 13.0 Å². The molecule has 4 nitrogen and oxygen atoms in total. The van der Waals surface area contributed by atoms with Crippen LogP contribution in [0, 0.1) is 6.92 Å². The average molecular weight is 275 g/mol. The summed E-state index contributed by atoms with van der Waals surface area (Å²) in [5.41, 5.74) is 5.31. The highest BCUT2D eigenvalue weighted by Crippen LogP contribution is 2.31. The Kier molecular flexibility index (Phi) is 3.66. The maximum absolute atomic E-state index is 5.75. The van der Waals surface area contributed by atoms with Crippen molar-refractivity contribution in [2.45, 2.75) is 20.0 Å². The van der Waals surface area contributed by atoms with Crippen molar-refractivity contribution >= 4 is 17.0 Å². The van der Waals surface area contributed by atoms with Gasteiger partial charge in [-0.15, -0.1) is 11.3 Å². The van der Waals surface area contributed by atoms with Crippen molar-refractivity contribution in [3.63, 3.8) is 0 Å². The number of benzene rings is 1. The minimum Gasteiger partial charge on any atom is -0.489 e. The van der Waals surface area contributed by atoms with Crippen molar-refractivity contribution in [3.05, 3.63) is 39.8 Å². The van der Waals surface area contributed by atoms with Gasteiger partial charge in [-0.3, -0.25) is 0 Å². The Balaban J connectivity index is 1.66. The molecule has 0 unspecified atom stereocenters. The van der Waals surface area contributed by atoms with E-state index in [1.807, 2.05) is 12.4 Å². The molecule has 1 aliphatic rings. The summed E-state index contributed by atoms with van der Waals surface area (Å²) in [4.78, 5) is 5.55. The van der Waals surface area contributed by atoms with E-state index in [0.29, 0.717) is 0 Å². The number of hydrogen-bond donors (Lipinski definition) is 2. The number of aromatic nitrogens is 1. The van der Waals surface area contributed by atoms with E-state index in [4.69, 9.17) is 4.74 Å². The van der Waals surface area contributed by atoms with Crippen LogP contribution in [0.5, 0.6) is 5.75 Å². The quantitative estimate of drug-likeness (QED) is 0.900. The summed E-state index contributed by atoms with van der Waals surface area (Å²) in [6.45, 7) is 5.32. The normalized spacial score (nSPS) is 13.5. The van der Waals surface area contributed by atoms with Gasteiger partial charge in [0.1, 0.15) is 12.4 Å². The van der Waals surface area contributed by atoms with Crippen LogP contribution in [0.4, 0.5) is 5.69 Å². The molecular weight excluding hydrogens is 258 g/mol. The van der Waals surface area contributed by atoms with E-state index in [1.54, 1.807) is 11.3 Å². The van der Waals surface area contributed by atoms with Crippen molar-refractivity contribution in [2.24, 2.45) is 0 Å². The third-order valence-corrected chi connectivity index (χ3v) is 4.14. The molecule has 5 heteroatoms. The van der Waals surface area contributed by atoms with E-state index in [2.05, 4.69) is 33.8 Å². The number of anilines is 1. The molecule has 0 saturated carbocycles. The largest absolute Gasteiger partial charge is 0.489 e. The topological polar surface area (TPSA) is 46.2 Å². The van der Waals surface area contributed by atoms with Gasteiger partial charge < -0.3 is 15.4 Å². The predicted molar refractivity (Wildman–Crippen MR) is 77.8 cm³/mol. The van der Waals surface area contributed by atoms with E-state index in [9.17, 15) is 0 Å². The monoisotopic (exact) mass is 275 g/mol. The Hall–Kier alpha value is -1.59. The number of thiazole rings is 1. The van der Waals surface area contributed by atoms with Crippen LogP contribution in [0.1, 0.15) is 16.1 Å². The number of nitrogens with zero attached hydrogens (tertiary/aromatic N) is 1. The van der Waals surface area contributed by atoms with Crippen LogP contribution in [-0.4, -0.2) is 18.1 Å². The smallest absolute Gasteiger partial charge is 0.146 e. The minimum absolute atomic E-state index is 0.734. The summed E-state index contributed by atoms with van der Waals surface area (Å²) in [5, 5.41) is 6.81. The van der Waals surface area contributed by atoms with Gasteiger partial charge >= 0.3 is 0 Å². The van der Waals surface area contributed by atoms with Crippen LogP contribution in [0.25, 0.3) is 0 Å². The van der Waals surface area contributed by atoms with Gasteiger partial charge in [0.15, 0.2) is 0 Å². The Morgan fingerprint density at radius 2 is 2.37 bits per heavy atom. The fraction of sp³-hybridized carbons (Fsp3) is 0.357. The molecule has 2 heterocycles. The Labute approximate surface area is 116 Å². The molecule has 0 radical (unpaired) electrons. The third kappa shape index (κ3) is 2.72. The number of aryl methyl sites for hydroxylation is 1. The molecule has 2 N–H and O–H groups in total. The van der Waals surface area contributed by atoms with E-state index in [0.717, 1.165) is 43.4 Å². The minimum atomic E-state index is 0.734. The molecule has 0 aliphatic carbocycles. The van der Waals surface area contributed by atoms with Gasteiger partial charge in [-0.1, -0.05) is 12.1 Å².